The lowest BCUT2D eigenvalue weighted by Crippen LogP contribution is -1.81. The molecule has 102 valence electrons. The molecule has 0 atom stereocenters. The fourth-order valence-corrected chi connectivity index (χ4v) is 3.41. The van der Waals surface area contributed by atoms with E-state index in [-0.39, 0.29) is 0 Å². The molecule has 0 aliphatic heterocycles. The van der Waals surface area contributed by atoms with Crippen molar-refractivity contribution in [1.29, 1.82) is 0 Å². The molecule has 21 heavy (non-hydrogen) atoms. The monoisotopic (exact) mass is 291 g/mol. The maximum absolute atomic E-state index is 4.78. The summed E-state index contributed by atoms with van der Waals surface area (Å²) >= 11 is 1.67. The third-order valence-corrected chi connectivity index (χ3v) is 4.46. The molecule has 0 aliphatic rings. The van der Waals surface area contributed by atoms with Crippen LogP contribution in [0.25, 0.3) is 32.7 Å². The van der Waals surface area contributed by atoms with E-state index in [1.807, 2.05) is 18.3 Å². The van der Waals surface area contributed by atoms with Gasteiger partial charge in [0.15, 0.2) is 0 Å². The zero-order valence-electron chi connectivity index (χ0n) is 11.5. The van der Waals surface area contributed by atoms with Gasteiger partial charge in [-0.1, -0.05) is 18.2 Å². The van der Waals surface area contributed by atoms with Crippen molar-refractivity contribution in [3.05, 3.63) is 60.4 Å². The van der Waals surface area contributed by atoms with Crippen molar-refractivity contribution < 1.29 is 0 Å². The number of nitrogens with zero attached hydrogens (tertiary/aromatic N) is 3. The lowest BCUT2D eigenvalue weighted by molar-refractivity contribution is 0.970. The van der Waals surface area contributed by atoms with Crippen LogP contribution in [0, 0.1) is 0 Å². The van der Waals surface area contributed by atoms with Gasteiger partial charge in [-0.15, -0.1) is 11.3 Å². The predicted octanol–water partition coefficient (Wildman–Crippen LogP) is 4.36. The van der Waals surface area contributed by atoms with Crippen LogP contribution < -0.4 is 0 Å². The van der Waals surface area contributed by atoms with Crippen LogP contribution in [0.1, 0.15) is 0 Å². The highest BCUT2D eigenvalue weighted by atomic mass is 32.1. The number of aromatic nitrogens is 3. The standard InChI is InChI=1S/C17H13N3S/c1-20-10-14(13-6-2-3-7-16(13)20)17-19-15(11-21-17)12-5-4-8-18-9-12/h2-11H,1H3. The van der Waals surface area contributed by atoms with Crippen LogP contribution in [0.2, 0.25) is 0 Å². The predicted molar refractivity (Wildman–Crippen MR) is 87.3 cm³/mol. The van der Waals surface area contributed by atoms with Crippen molar-refractivity contribution in [2.24, 2.45) is 7.05 Å². The lowest BCUT2D eigenvalue weighted by atomic mass is 10.2. The summed E-state index contributed by atoms with van der Waals surface area (Å²) in [5.74, 6) is 0. The van der Waals surface area contributed by atoms with Crippen molar-refractivity contribution in [3.8, 4) is 21.8 Å². The van der Waals surface area contributed by atoms with Gasteiger partial charge in [-0.3, -0.25) is 4.98 Å². The number of rotatable bonds is 2. The van der Waals surface area contributed by atoms with Gasteiger partial charge >= 0.3 is 0 Å². The molecule has 0 spiro atoms. The van der Waals surface area contributed by atoms with Gasteiger partial charge in [-0.2, -0.15) is 0 Å². The van der Waals surface area contributed by atoms with E-state index in [1.165, 1.54) is 16.5 Å². The van der Waals surface area contributed by atoms with Crippen LogP contribution in [0.15, 0.2) is 60.4 Å². The Morgan fingerprint density at radius 1 is 1.10 bits per heavy atom. The van der Waals surface area contributed by atoms with Crippen LogP contribution >= 0.6 is 11.3 Å². The zero-order valence-corrected chi connectivity index (χ0v) is 12.3. The Morgan fingerprint density at radius 2 is 2.00 bits per heavy atom. The summed E-state index contributed by atoms with van der Waals surface area (Å²) < 4.78 is 2.15. The second-order valence-electron chi connectivity index (χ2n) is 4.95. The minimum Gasteiger partial charge on any atom is -0.350 e. The summed E-state index contributed by atoms with van der Waals surface area (Å²) in [6, 6.07) is 12.4. The largest absolute Gasteiger partial charge is 0.350 e. The second kappa shape index (κ2) is 4.82. The highest BCUT2D eigenvalue weighted by Gasteiger charge is 2.12. The van der Waals surface area contributed by atoms with E-state index in [0.29, 0.717) is 0 Å². The molecule has 4 aromatic rings. The summed E-state index contributed by atoms with van der Waals surface area (Å²) in [6.45, 7) is 0. The van der Waals surface area contributed by atoms with E-state index in [9.17, 15) is 0 Å². The number of para-hydroxylation sites is 1. The topological polar surface area (TPSA) is 30.7 Å². The Kier molecular flexibility index (Phi) is 2.82. The fraction of sp³-hybridized carbons (Fsp3) is 0.0588. The smallest absolute Gasteiger partial charge is 0.126 e. The van der Waals surface area contributed by atoms with Crippen LogP contribution in [0.5, 0.6) is 0 Å². The molecule has 0 fully saturated rings. The van der Waals surface area contributed by atoms with Crippen molar-refractivity contribution in [1.82, 2.24) is 14.5 Å². The first kappa shape index (κ1) is 12.3. The highest BCUT2D eigenvalue weighted by Crippen LogP contribution is 2.34. The molecule has 3 heterocycles. The highest BCUT2D eigenvalue weighted by molar-refractivity contribution is 7.13. The molecule has 4 heteroatoms. The fourth-order valence-electron chi connectivity index (χ4n) is 2.56. The van der Waals surface area contributed by atoms with Gasteiger partial charge in [0.25, 0.3) is 0 Å². The molecule has 3 nitrogen and oxygen atoms in total. The van der Waals surface area contributed by atoms with Crippen LogP contribution in [0.3, 0.4) is 0 Å². The Morgan fingerprint density at radius 3 is 2.86 bits per heavy atom. The van der Waals surface area contributed by atoms with Crippen molar-refractivity contribution in [3.63, 3.8) is 0 Å². The third-order valence-electron chi connectivity index (χ3n) is 3.59. The van der Waals surface area contributed by atoms with Gasteiger partial charge < -0.3 is 4.57 Å². The third kappa shape index (κ3) is 2.04. The molecular formula is C17H13N3S. The first-order valence-corrected chi connectivity index (χ1v) is 7.61. The molecule has 0 bridgehead atoms. The van der Waals surface area contributed by atoms with Crippen molar-refractivity contribution in [2.45, 2.75) is 0 Å². The van der Waals surface area contributed by atoms with Crippen LogP contribution in [-0.2, 0) is 7.05 Å². The summed E-state index contributed by atoms with van der Waals surface area (Å²) in [5, 5.41) is 4.38. The van der Waals surface area contributed by atoms with Gasteiger partial charge in [0.2, 0.25) is 0 Å². The average Bonchev–Trinajstić information content (AvgIpc) is 3.14. The lowest BCUT2D eigenvalue weighted by Gasteiger charge is -1.95. The van der Waals surface area contributed by atoms with Gasteiger partial charge in [-0.05, 0) is 18.2 Å². The molecule has 0 saturated heterocycles. The Labute approximate surface area is 126 Å². The average molecular weight is 291 g/mol. The minimum absolute atomic E-state index is 0.982. The van der Waals surface area contributed by atoms with Crippen molar-refractivity contribution in [2.75, 3.05) is 0 Å². The molecule has 3 aromatic heterocycles. The van der Waals surface area contributed by atoms with E-state index < -0.39 is 0 Å². The Balaban J connectivity index is 1.85. The van der Waals surface area contributed by atoms with E-state index in [1.54, 1.807) is 17.5 Å². The number of thiazole rings is 1. The minimum atomic E-state index is 0.982. The molecule has 0 N–H and O–H groups in total. The Hall–Kier alpha value is -2.46. The van der Waals surface area contributed by atoms with Crippen LogP contribution in [-0.4, -0.2) is 14.5 Å². The maximum Gasteiger partial charge on any atom is 0.126 e. The van der Waals surface area contributed by atoms with Gasteiger partial charge in [0.1, 0.15) is 5.01 Å². The SMILES string of the molecule is Cn1cc(-c2nc(-c3cccnc3)cs2)c2ccccc21. The van der Waals surface area contributed by atoms with Gasteiger partial charge in [-0.25, -0.2) is 4.98 Å². The summed E-state index contributed by atoms with van der Waals surface area (Å²) in [7, 11) is 2.07. The van der Waals surface area contributed by atoms with Gasteiger partial charge in [0, 0.05) is 53.0 Å². The number of benzene rings is 1. The Bertz CT molecular complexity index is 906. The first-order valence-electron chi connectivity index (χ1n) is 6.73. The maximum atomic E-state index is 4.78. The number of aryl methyl sites for hydroxylation is 1. The van der Waals surface area contributed by atoms with Crippen LogP contribution in [0.4, 0.5) is 0 Å². The molecule has 4 rings (SSSR count). The molecular weight excluding hydrogens is 278 g/mol. The number of fused-ring (bicyclic) bond motifs is 1. The molecule has 1 aromatic carbocycles. The first-order chi connectivity index (χ1) is 10.3. The van der Waals surface area contributed by atoms with Crippen molar-refractivity contribution >= 4 is 22.2 Å². The van der Waals surface area contributed by atoms with E-state index >= 15 is 0 Å². The second-order valence-corrected chi connectivity index (χ2v) is 5.81. The summed E-state index contributed by atoms with van der Waals surface area (Å²) in [6.07, 6.45) is 5.78. The number of hydrogen-bond donors (Lipinski definition) is 0. The summed E-state index contributed by atoms with van der Waals surface area (Å²) in [5.41, 5.74) is 4.45. The number of hydrogen-bond acceptors (Lipinski definition) is 3. The molecule has 0 unspecified atom stereocenters. The van der Waals surface area contributed by atoms with E-state index in [4.69, 9.17) is 4.98 Å². The molecule has 0 saturated carbocycles. The van der Waals surface area contributed by atoms with Gasteiger partial charge in [0.05, 0.1) is 5.69 Å². The zero-order chi connectivity index (χ0) is 14.2. The molecule has 0 amide bonds. The molecule has 0 radical (unpaired) electrons. The quantitative estimate of drug-likeness (QED) is 0.549. The van der Waals surface area contributed by atoms with E-state index in [2.05, 4.69) is 52.4 Å². The normalized spacial score (nSPS) is 11.1. The molecule has 0 aliphatic carbocycles. The van der Waals surface area contributed by atoms with E-state index in [0.717, 1.165) is 16.3 Å². The summed E-state index contributed by atoms with van der Waals surface area (Å²) in [4.78, 5) is 8.94. The number of pyridine rings is 1.